The highest BCUT2D eigenvalue weighted by atomic mass is 32.2. The highest BCUT2D eigenvalue weighted by Gasteiger charge is 2.52. The topological polar surface area (TPSA) is 114 Å². The Hall–Kier alpha value is -1.81. The SMILES string of the molecule is CCS[C@H]1O[C@H](COC(C)=O)[C@@H](OC(C)=O)[C@H](OC(C)=O)[C@H]1OC(C)=O. The van der Waals surface area contributed by atoms with Crippen LogP contribution in [0.3, 0.4) is 0 Å². The Balaban J connectivity index is 3.22. The molecule has 1 saturated heterocycles. The Labute approximate surface area is 156 Å². The minimum Gasteiger partial charge on any atom is -0.463 e. The fourth-order valence-electron chi connectivity index (χ4n) is 2.49. The van der Waals surface area contributed by atoms with Crippen molar-refractivity contribution in [3.8, 4) is 0 Å². The van der Waals surface area contributed by atoms with Gasteiger partial charge >= 0.3 is 23.9 Å². The van der Waals surface area contributed by atoms with Crippen molar-refractivity contribution in [2.24, 2.45) is 0 Å². The monoisotopic (exact) mass is 392 g/mol. The van der Waals surface area contributed by atoms with E-state index in [1.165, 1.54) is 39.5 Å². The van der Waals surface area contributed by atoms with Crippen LogP contribution < -0.4 is 0 Å². The first-order valence-electron chi connectivity index (χ1n) is 8.07. The summed E-state index contributed by atoms with van der Waals surface area (Å²) >= 11 is 1.32. The molecule has 0 bridgehead atoms. The summed E-state index contributed by atoms with van der Waals surface area (Å²) in [6, 6.07) is 0. The molecule has 26 heavy (non-hydrogen) atoms. The zero-order chi connectivity index (χ0) is 19.9. The van der Waals surface area contributed by atoms with E-state index in [1.807, 2.05) is 6.92 Å². The number of esters is 4. The van der Waals surface area contributed by atoms with Crippen molar-refractivity contribution >= 4 is 35.6 Å². The van der Waals surface area contributed by atoms with Crippen LogP contribution in [0.25, 0.3) is 0 Å². The molecule has 0 spiro atoms. The van der Waals surface area contributed by atoms with E-state index in [9.17, 15) is 19.2 Å². The van der Waals surface area contributed by atoms with Gasteiger partial charge in [-0.3, -0.25) is 19.2 Å². The van der Waals surface area contributed by atoms with Crippen molar-refractivity contribution in [3.05, 3.63) is 0 Å². The van der Waals surface area contributed by atoms with Gasteiger partial charge in [0.1, 0.15) is 18.1 Å². The van der Waals surface area contributed by atoms with Crippen LogP contribution in [0.5, 0.6) is 0 Å². The molecule has 9 nitrogen and oxygen atoms in total. The Bertz CT molecular complexity index is 536. The normalized spacial score (nSPS) is 28.0. The molecule has 1 heterocycles. The first-order valence-corrected chi connectivity index (χ1v) is 9.12. The fourth-order valence-corrected chi connectivity index (χ4v) is 3.44. The molecule has 10 heteroatoms. The molecule has 0 aromatic heterocycles. The molecule has 0 radical (unpaired) electrons. The van der Waals surface area contributed by atoms with Gasteiger partial charge in [0, 0.05) is 27.7 Å². The molecule has 148 valence electrons. The van der Waals surface area contributed by atoms with Crippen molar-refractivity contribution in [1.82, 2.24) is 0 Å². The van der Waals surface area contributed by atoms with Crippen LogP contribution in [-0.2, 0) is 42.9 Å². The highest BCUT2D eigenvalue weighted by molar-refractivity contribution is 7.99. The maximum atomic E-state index is 11.6. The molecule has 1 fully saturated rings. The quantitative estimate of drug-likeness (QED) is 0.455. The lowest BCUT2D eigenvalue weighted by atomic mass is 9.99. The number of carbonyl (C=O) groups is 4. The third kappa shape index (κ3) is 6.83. The van der Waals surface area contributed by atoms with Crippen LogP contribution in [0.1, 0.15) is 34.6 Å². The molecule has 0 saturated carbocycles. The van der Waals surface area contributed by atoms with Gasteiger partial charge in [0.15, 0.2) is 18.3 Å². The summed E-state index contributed by atoms with van der Waals surface area (Å²) in [6.07, 6.45) is -4.07. The van der Waals surface area contributed by atoms with Crippen LogP contribution in [-0.4, -0.2) is 66.1 Å². The van der Waals surface area contributed by atoms with Gasteiger partial charge in [-0.2, -0.15) is 0 Å². The molecule has 0 aliphatic carbocycles. The summed E-state index contributed by atoms with van der Waals surface area (Å²) in [4.78, 5) is 45.8. The van der Waals surface area contributed by atoms with Crippen molar-refractivity contribution in [1.29, 1.82) is 0 Å². The van der Waals surface area contributed by atoms with E-state index in [0.29, 0.717) is 5.75 Å². The summed E-state index contributed by atoms with van der Waals surface area (Å²) < 4.78 is 26.7. The van der Waals surface area contributed by atoms with Crippen molar-refractivity contribution in [3.63, 3.8) is 0 Å². The summed E-state index contributed by atoms with van der Waals surface area (Å²) in [5, 5.41) is 0. The second-order valence-corrected chi connectivity index (χ2v) is 6.90. The van der Waals surface area contributed by atoms with Gasteiger partial charge in [0.25, 0.3) is 0 Å². The minimum absolute atomic E-state index is 0.210. The lowest BCUT2D eigenvalue weighted by Gasteiger charge is -2.44. The number of rotatable bonds is 7. The van der Waals surface area contributed by atoms with Gasteiger partial charge in [0.05, 0.1) is 0 Å². The van der Waals surface area contributed by atoms with Crippen molar-refractivity contribution in [2.45, 2.75) is 64.5 Å². The second kappa shape index (κ2) is 10.4. The molecule has 0 aromatic rings. The van der Waals surface area contributed by atoms with Crippen LogP contribution in [0.2, 0.25) is 0 Å². The van der Waals surface area contributed by atoms with E-state index in [2.05, 4.69) is 0 Å². The summed E-state index contributed by atoms with van der Waals surface area (Å²) in [5.74, 6) is -1.81. The van der Waals surface area contributed by atoms with E-state index in [1.54, 1.807) is 0 Å². The molecular formula is C16H24O9S. The number of hydrogen-bond acceptors (Lipinski definition) is 10. The lowest BCUT2D eigenvalue weighted by Crippen LogP contribution is -2.61. The zero-order valence-electron chi connectivity index (χ0n) is 15.4. The largest absolute Gasteiger partial charge is 0.463 e. The van der Waals surface area contributed by atoms with Gasteiger partial charge in [-0.1, -0.05) is 6.92 Å². The van der Waals surface area contributed by atoms with Crippen LogP contribution in [0.4, 0.5) is 0 Å². The van der Waals surface area contributed by atoms with Crippen LogP contribution >= 0.6 is 11.8 Å². The van der Waals surface area contributed by atoms with Gasteiger partial charge < -0.3 is 23.7 Å². The summed E-state index contributed by atoms with van der Waals surface area (Å²) in [5.41, 5.74) is -0.694. The summed E-state index contributed by atoms with van der Waals surface area (Å²) in [7, 11) is 0. The smallest absolute Gasteiger partial charge is 0.303 e. The molecule has 1 rings (SSSR count). The third-order valence-corrected chi connectivity index (χ3v) is 4.32. The highest BCUT2D eigenvalue weighted by Crippen LogP contribution is 2.34. The van der Waals surface area contributed by atoms with E-state index in [-0.39, 0.29) is 6.61 Å². The molecular weight excluding hydrogens is 368 g/mol. The maximum absolute atomic E-state index is 11.6. The van der Waals surface area contributed by atoms with Gasteiger partial charge in [0.2, 0.25) is 0 Å². The van der Waals surface area contributed by atoms with Gasteiger partial charge in [-0.15, -0.1) is 11.8 Å². The van der Waals surface area contributed by atoms with Crippen LogP contribution in [0.15, 0.2) is 0 Å². The molecule has 1 aliphatic rings. The van der Waals surface area contributed by atoms with E-state index in [4.69, 9.17) is 23.7 Å². The van der Waals surface area contributed by atoms with Crippen molar-refractivity contribution < 1.29 is 42.9 Å². The number of hydrogen-bond donors (Lipinski definition) is 0. The Morgan fingerprint density at radius 3 is 1.77 bits per heavy atom. The number of ether oxygens (including phenoxy) is 5. The first kappa shape index (κ1) is 22.2. The number of thioether (sulfide) groups is 1. The Morgan fingerprint density at radius 1 is 0.808 bits per heavy atom. The molecule has 1 aliphatic heterocycles. The summed E-state index contributed by atoms with van der Waals surface area (Å²) in [6.45, 7) is 6.48. The first-order chi connectivity index (χ1) is 12.1. The molecule has 0 aromatic carbocycles. The zero-order valence-corrected chi connectivity index (χ0v) is 16.2. The average molecular weight is 392 g/mol. The molecule has 0 unspecified atom stereocenters. The molecule has 5 atom stereocenters. The van der Waals surface area contributed by atoms with E-state index in [0.717, 1.165) is 0 Å². The maximum Gasteiger partial charge on any atom is 0.303 e. The average Bonchev–Trinajstić information content (AvgIpc) is 2.50. The third-order valence-electron chi connectivity index (χ3n) is 3.28. The van der Waals surface area contributed by atoms with E-state index < -0.39 is 53.7 Å². The Morgan fingerprint density at radius 2 is 1.31 bits per heavy atom. The van der Waals surface area contributed by atoms with Gasteiger partial charge in [-0.05, 0) is 5.75 Å². The lowest BCUT2D eigenvalue weighted by molar-refractivity contribution is -0.237. The van der Waals surface area contributed by atoms with Gasteiger partial charge in [-0.25, -0.2) is 0 Å². The van der Waals surface area contributed by atoms with Crippen LogP contribution in [0, 0.1) is 0 Å². The predicted molar refractivity (Wildman–Crippen MR) is 90.1 cm³/mol. The van der Waals surface area contributed by atoms with Crippen molar-refractivity contribution in [2.75, 3.05) is 12.4 Å². The minimum atomic E-state index is -1.10. The van der Waals surface area contributed by atoms with E-state index >= 15 is 0 Å². The predicted octanol–water partition coefficient (Wildman–Crippen LogP) is 0.823. The fraction of sp³-hybridized carbons (Fsp3) is 0.750. The molecule has 0 amide bonds. The Kier molecular flexibility index (Phi) is 8.86. The number of carbonyl (C=O) groups excluding carboxylic acids is 4. The second-order valence-electron chi connectivity index (χ2n) is 5.52. The molecule has 0 N–H and O–H groups in total. The standard InChI is InChI=1S/C16H24O9S/c1-6-26-16-15(24-11(5)20)14(23-10(4)19)13(22-9(3)18)12(25-16)7-21-8(2)17/h12-16H,6-7H2,1-5H3/t12-,13-,14+,15-,16-/m1/s1.